The van der Waals surface area contributed by atoms with Gasteiger partial charge in [-0.15, -0.1) is 0 Å². The van der Waals surface area contributed by atoms with Crippen LogP contribution in [0.15, 0.2) is 48.7 Å². The largest absolute Gasteiger partial charge is 0.283 e. The minimum absolute atomic E-state index is 0.114. The van der Waals surface area contributed by atoms with Gasteiger partial charge in [0.1, 0.15) is 0 Å². The van der Waals surface area contributed by atoms with Gasteiger partial charge in [0.25, 0.3) is 0 Å². The molecule has 106 valence electrons. The number of sulfonamides is 1. The fraction of sp³-hybridized carbons (Fsp3) is 0.267. The van der Waals surface area contributed by atoms with Gasteiger partial charge in [-0.25, -0.2) is 8.42 Å². The summed E-state index contributed by atoms with van der Waals surface area (Å²) in [5.74, 6) is 0.114. The van der Waals surface area contributed by atoms with Crippen molar-refractivity contribution in [2.75, 3.05) is 10.5 Å². The molecule has 0 unspecified atom stereocenters. The third-order valence-electron chi connectivity index (χ3n) is 2.89. The number of aromatic nitrogens is 1. The average Bonchev–Trinajstić information content (AvgIpc) is 2.39. The van der Waals surface area contributed by atoms with Gasteiger partial charge >= 0.3 is 0 Å². The zero-order valence-electron chi connectivity index (χ0n) is 11.4. The van der Waals surface area contributed by atoms with Crippen molar-refractivity contribution < 1.29 is 8.42 Å². The van der Waals surface area contributed by atoms with Crippen molar-refractivity contribution in [3.63, 3.8) is 0 Å². The van der Waals surface area contributed by atoms with Gasteiger partial charge in [0.15, 0.2) is 0 Å². The van der Waals surface area contributed by atoms with Gasteiger partial charge in [0.05, 0.1) is 11.4 Å². The van der Waals surface area contributed by atoms with Crippen LogP contribution in [0.2, 0.25) is 0 Å². The minimum atomic E-state index is -3.30. The summed E-state index contributed by atoms with van der Waals surface area (Å²) in [6, 6.07) is 13.3. The summed E-state index contributed by atoms with van der Waals surface area (Å²) < 4.78 is 26.5. The monoisotopic (exact) mass is 290 g/mol. The molecule has 0 atom stereocenters. The smallest absolute Gasteiger partial charge is 0.232 e. The fourth-order valence-electron chi connectivity index (χ4n) is 1.95. The summed E-state index contributed by atoms with van der Waals surface area (Å²) in [5, 5.41) is 0. The minimum Gasteiger partial charge on any atom is -0.283 e. The van der Waals surface area contributed by atoms with Gasteiger partial charge in [-0.1, -0.05) is 30.3 Å². The van der Waals surface area contributed by atoms with Crippen LogP contribution in [-0.4, -0.2) is 19.2 Å². The van der Waals surface area contributed by atoms with Crippen LogP contribution in [0.25, 0.3) is 0 Å². The highest BCUT2D eigenvalue weighted by Gasteiger charge is 2.10. The van der Waals surface area contributed by atoms with E-state index in [0.29, 0.717) is 12.1 Å². The molecular weight excluding hydrogens is 272 g/mol. The van der Waals surface area contributed by atoms with E-state index in [1.54, 1.807) is 18.3 Å². The quantitative estimate of drug-likeness (QED) is 0.890. The lowest BCUT2D eigenvalue weighted by atomic mass is 10.1. The number of hydrogen-bond acceptors (Lipinski definition) is 3. The second kappa shape index (κ2) is 6.52. The number of hydrogen-bond donors (Lipinski definition) is 1. The van der Waals surface area contributed by atoms with Gasteiger partial charge in [-0.05, 0) is 37.5 Å². The first-order valence-corrected chi connectivity index (χ1v) is 8.17. The summed E-state index contributed by atoms with van der Waals surface area (Å²) in [5.41, 5.74) is 2.51. The van der Waals surface area contributed by atoms with Crippen molar-refractivity contribution >= 4 is 15.7 Å². The van der Waals surface area contributed by atoms with E-state index in [0.717, 1.165) is 17.7 Å². The van der Waals surface area contributed by atoms with Crippen molar-refractivity contribution in [3.8, 4) is 0 Å². The van der Waals surface area contributed by atoms with Crippen LogP contribution >= 0.6 is 0 Å². The Morgan fingerprint density at radius 2 is 1.90 bits per heavy atom. The van der Waals surface area contributed by atoms with Gasteiger partial charge < -0.3 is 0 Å². The molecule has 0 saturated carbocycles. The molecule has 1 heterocycles. The van der Waals surface area contributed by atoms with Crippen LogP contribution in [0.4, 0.5) is 5.69 Å². The van der Waals surface area contributed by atoms with E-state index in [1.807, 2.05) is 37.3 Å². The Morgan fingerprint density at radius 3 is 2.60 bits per heavy atom. The van der Waals surface area contributed by atoms with Crippen LogP contribution in [0.1, 0.15) is 17.7 Å². The molecule has 4 nitrogen and oxygen atoms in total. The number of anilines is 1. The lowest BCUT2D eigenvalue weighted by Gasteiger charge is -2.08. The molecule has 0 spiro atoms. The second-order valence-corrected chi connectivity index (χ2v) is 6.54. The molecule has 2 aromatic rings. The van der Waals surface area contributed by atoms with Crippen LogP contribution in [0.3, 0.4) is 0 Å². The Morgan fingerprint density at radius 1 is 1.15 bits per heavy atom. The molecule has 0 aliphatic heterocycles. The number of aryl methyl sites for hydroxylation is 2. The van der Waals surface area contributed by atoms with Crippen molar-refractivity contribution in [1.82, 2.24) is 4.98 Å². The second-order valence-electron chi connectivity index (χ2n) is 4.70. The summed E-state index contributed by atoms with van der Waals surface area (Å²) in [7, 11) is -3.30. The Bertz CT molecular complexity index is 655. The standard InChI is InChI=1S/C15H18N2O2S/c1-13-12-15(9-10-16-13)17-20(18,19)11-5-8-14-6-3-2-4-7-14/h2-4,6-7,9-10,12H,5,8,11H2,1H3,(H,16,17). The summed E-state index contributed by atoms with van der Waals surface area (Å²) in [6.45, 7) is 1.83. The molecule has 1 N–H and O–H groups in total. The van der Waals surface area contributed by atoms with E-state index in [-0.39, 0.29) is 5.75 Å². The van der Waals surface area contributed by atoms with E-state index in [2.05, 4.69) is 9.71 Å². The average molecular weight is 290 g/mol. The molecule has 0 aliphatic carbocycles. The Hall–Kier alpha value is -1.88. The SMILES string of the molecule is Cc1cc(NS(=O)(=O)CCCc2ccccc2)ccn1. The van der Waals surface area contributed by atoms with E-state index >= 15 is 0 Å². The molecule has 0 radical (unpaired) electrons. The normalized spacial score (nSPS) is 11.2. The number of nitrogens with one attached hydrogen (secondary N) is 1. The third-order valence-corrected chi connectivity index (χ3v) is 4.26. The Kier molecular flexibility index (Phi) is 4.74. The molecule has 1 aromatic carbocycles. The molecule has 5 heteroatoms. The van der Waals surface area contributed by atoms with Crippen LogP contribution < -0.4 is 4.72 Å². The van der Waals surface area contributed by atoms with Crippen molar-refractivity contribution in [3.05, 3.63) is 59.9 Å². The zero-order chi connectivity index (χ0) is 14.4. The Balaban J connectivity index is 1.88. The number of benzene rings is 1. The first-order chi connectivity index (χ1) is 9.55. The number of nitrogens with zero attached hydrogens (tertiary/aromatic N) is 1. The van der Waals surface area contributed by atoms with Crippen LogP contribution in [0, 0.1) is 6.92 Å². The van der Waals surface area contributed by atoms with Crippen LogP contribution in [-0.2, 0) is 16.4 Å². The lowest BCUT2D eigenvalue weighted by Crippen LogP contribution is -2.17. The maximum absolute atomic E-state index is 12.0. The first-order valence-electron chi connectivity index (χ1n) is 6.52. The molecule has 20 heavy (non-hydrogen) atoms. The molecule has 0 fully saturated rings. The molecular formula is C15H18N2O2S. The number of rotatable bonds is 6. The summed E-state index contributed by atoms with van der Waals surface area (Å²) in [4.78, 5) is 4.04. The number of pyridine rings is 1. The molecule has 1 aromatic heterocycles. The van der Waals surface area contributed by atoms with Crippen LogP contribution in [0.5, 0.6) is 0 Å². The first kappa shape index (κ1) is 14.5. The summed E-state index contributed by atoms with van der Waals surface area (Å²) in [6.07, 6.45) is 2.96. The van der Waals surface area contributed by atoms with Gasteiger partial charge in [0.2, 0.25) is 10.0 Å². The van der Waals surface area contributed by atoms with Crippen molar-refractivity contribution in [2.45, 2.75) is 19.8 Å². The maximum atomic E-state index is 12.0. The zero-order valence-corrected chi connectivity index (χ0v) is 12.2. The topological polar surface area (TPSA) is 59.1 Å². The maximum Gasteiger partial charge on any atom is 0.232 e. The molecule has 0 amide bonds. The van der Waals surface area contributed by atoms with E-state index in [1.165, 1.54) is 0 Å². The van der Waals surface area contributed by atoms with E-state index in [4.69, 9.17) is 0 Å². The predicted molar refractivity (Wildman–Crippen MR) is 81.1 cm³/mol. The highest BCUT2D eigenvalue weighted by atomic mass is 32.2. The molecule has 0 aliphatic rings. The highest BCUT2D eigenvalue weighted by molar-refractivity contribution is 7.92. The lowest BCUT2D eigenvalue weighted by molar-refractivity contribution is 0.598. The van der Waals surface area contributed by atoms with Gasteiger partial charge in [-0.2, -0.15) is 0 Å². The predicted octanol–water partition coefficient (Wildman–Crippen LogP) is 2.76. The highest BCUT2D eigenvalue weighted by Crippen LogP contribution is 2.11. The summed E-state index contributed by atoms with van der Waals surface area (Å²) >= 11 is 0. The third kappa shape index (κ3) is 4.66. The van der Waals surface area contributed by atoms with Gasteiger partial charge in [-0.3, -0.25) is 9.71 Å². The molecule has 2 rings (SSSR count). The fourth-order valence-corrected chi connectivity index (χ4v) is 3.06. The van der Waals surface area contributed by atoms with Crippen molar-refractivity contribution in [2.24, 2.45) is 0 Å². The molecule has 0 saturated heterocycles. The Labute approximate surface area is 119 Å². The van der Waals surface area contributed by atoms with E-state index in [9.17, 15) is 8.42 Å². The van der Waals surface area contributed by atoms with Gasteiger partial charge in [0, 0.05) is 11.9 Å². The van der Waals surface area contributed by atoms with Crippen molar-refractivity contribution in [1.29, 1.82) is 0 Å². The molecule has 0 bridgehead atoms. The van der Waals surface area contributed by atoms with E-state index < -0.39 is 10.0 Å².